The Morgan fingerprint density at radius 1 is 0.804 bits per heavy atom. The normalized spacial score (nSPS) is 32.5. The molecule has 4 aliphatic rings. The van der Waals surface area contributed by atoms with Gasteiger partial charge in [0.15, 0.2) is 20.1 Å². The maximum atomic E-state index is 13.5. The number of hydrogen-bond acceptors (Lipinski definition) is 12. The van der Waals surface area contributed by atoms with E-state index < -0.39 is 89.4 Å². The molecule has 4 fully saturated rings. The van der Waals surface area contributed by atoms with Crippen molar-refractivity contribution in [3.63, 3.8) is 0 Å². The fourth-order valence-electron chi connectivity index (χ4n) is 9.70. The van der Waals surface area contributed by atoms with Gasteiger partial charge in [0.1, 0.15) is 11.7 Å². The van der Waals surface area contributed by atoms with Crippen LogP contribution in [0.15, 0.2) is 31.6 Å². The number of carbonyl (C=O) groups excluding carboxylic acids is 3. The second kappa shape index (κ2) is 13.5. The Morgan fingerprint density at radius 2 is 1.39 bits per heavy atom. The van der Waals surface area contributed by atoms with Gasteiger partial charge in [0.2, 0.25) is 17.4 Å². The minimum Gasteiger partial charge on any atom is -0.431 e. The monoisotopic (exact) mass is 722 g/mol. The summed E-state index contributed by atoms with van der Waals surface area (Å²) in [5.74, 6) is -2.36. The Labute approximate surface area is 288 Å². The molecule has 8 atom stereocenters. The molecule has 2 aromatic rings. The highest BCUT2D eigenvalue weighted by atomic mass is 19.1. The number of fused-ring (bicyclic) bond motifs is 5. The predicted molar refractivity (Wildman–Crippen MR) is 168 cm³/mol. The predicted octanol–water partition coefficient (Wildman–Crippen LogP) is 2.30. The van der Waals surface area contributed by atoms with Crippen molar-refractivity contribution in [1.29, 1.82) is 0 Å². The minimum atomic E-state index is -1.76. The summed E-state index contributed by atoms with van der Waals surface area (Å²) in [4.78, 5) is 89.4. The Morgan fingerprint density at radius 3 is 2.02 bits per heavy atom. The van der Waals surface area contributed by atoms with Crippen LogP contribution in [0.25, 0.3) is 0 Å². The number of ketones is 1. The van der Waals surface area contributed by atoms with Crippen molar-refractivity contribution in [3.05, 3.63) is 65.7 Å². The van der Waals surface area contributed by atoms with Gasteiger partial charge in [-0.1, -0.05) is 13.8 Å². The van der Waals surface area contributed by atoms with Crippen LogP contribution in [0.4, 0.5) is 18.4 Å². The first kappa shape index (κ1) is 36.2. The average molecular weight is 723 g/mol. The van der Waals surface area contributed by atoms with E-state index in [-0.39, 0.29) is 29.6 Å². The quantitative estimate of drug-likeness (QED) is 0.335. The van der Waals surface area contributed by atoms with Gasteiger partial charge in [-0.3, -0.25) is 14.4 Å². The molecule has 18 heteroatoms. The molecule has 16 nitrogen and oxygen atoms in total. The van der Waals surface area contributed by atoms with Gasteiger partial charge < -0.3 is 34.0 Å². The lowest BCUT2D eigenvalue weighted by Crippen LogP contribution is -2.59. The van der Waals surface area contributed by atoms with Crippen LogP contribution in [0.2, 0.25) is 0 Å². The Balaban J connectivity index is 1.03. The lowest BCUT2D eigenvalue weighted by atomic mass is 9.44. The molecule has 0 spiro atoms. The highest BCUT2D eigenvalue weighted by Gasteiger charge is 2.66. The molecule has 3 unspecified atom stereocenters. The molecule has 0 amide bonds. The number of H-pyrrole nitrogens is 2. The number of aliphatic hydroxyl groups is 1. The maximum absolute atomic E-state index is 13.5. The number of halogens is 2. The molecular formula is C33H40F2N4O12. The lowest BCUT2D eigenvalue weighted by Gasteiger charge is -2.61. The summed E-state index contributed by atoms with van der Waals surface area (Å²) < 4.78 is 47.9. The van der Waals surface area contributed by atoms with Crippen molar-refractivity contribution in [2.75, 3.05) is 6.61 Å². The van der Waals surface area contributed by atoms with E-state index >= 15 is 0 Å². The summed E-state index contributed by atoms with van der Waals surface area (Å²) in [7, 11) is 0. The number of aromatic amines is 2. The highest BCUT2D eigenvalue weighted by Crippen LogP contribution is 2.68. The van der Waals surface area contributed by atoms with Crippen molar-refractivity contribution in [3.8, 4) is 0 Å². The molecule has 4 aliphatic carbocycles. The zero-order chi connectivity index (χ0) is 36.9. The smallest absolute Gasteiger partial charge is 0.431 e. The Hall–Kier alpha value is -4.61. The fraction of sp³-hybridized carbons (Fsp3) is 0.667. The highest BCUT2D eigenvalue weighted by molar-refractivity contribution is 5.90. The van der Waals surface area contributed by atoms with E-state index in [0.29, 0.717) is 53.1 Å². The zero-order valence-corrected chi connectivity index (χ0v) is 28.1. The number of carbonyl (C=O) groups is 3. The SMILES string of the molecule is C[C@]12CCC3C(CC[C@H]4C[C@H](OC(=O)OCn5c(=O)[nH]cc(F)c5=O)CC[C@]34C)C1CC[C@]2(O)C(=O)COC(=O)OCn1c(=O)[nH]cc(F)c1=O. The van der Waals surface area contributed by atoms with Gasteiger partial charge in [-0.15, -0.1) is 0 Å². The molecule has 278 valence electrons. The second-order valence-corrected chi connectivity index (χ2v) is 14.6. The van der Waals surface area contributed by atoms with Crippen LogP contribution in [-0.4, -0.2) is 60.6 Å². The van der Waals surface area contributed by atoms with Crippen LogP contribution in [0.5, 0.6) is 0 Å². The molecule has 0 radical (unpaired) electrons. The third-order valence-electron chi connectivity index (χ3n) is 12.5. The van der Waals surface area contributed by atoms with Crippen LogP contribution in [-0.2, 0) is 37.2 Å². The summed E-state index contributed by atoms with van der Waals surface area (Å²) in [6.45, 7) is 1.64. The molecule has 6 rings (SSSR count). The van der Waals surface area contributed by atoms with E-state index in [9.17, 15) is 47.4 Å². The zero-order valence-electron chi connectivity index (χ0n) is 28.1. The van der Waals surface area contributed by atoms with Gasteiger partial charge in [0.05, 0.1) is 0 Å². The molecule has 0 bridgehead atoms. The Bertz CT molecular complexity index is 1960. The number of nitrogens with zero attached hydrogens (tertiary/aromatic N) is 2. The van der Waals surface area contributed by atoms with Crippen molar-refractivity contribution >= 4 is 18.1 Å². The number of Topliss-reactive ketones (excluding diaryl/α,β-unsaturated/α-hetero) is 1. The molecule has 3 N–H and O–H groups in total. The third-order valence-corrected chi connectivity index (χ3v) is 12.5. The summed E-state index contributed by atoms with van der Waals surface area (Å²) in [6, 6.07) is 0. The van der Waals surface area contributed by atoms with Gasteiger partial charge in [-0.05, 0) is 86.9 Å². The molecule has 51 heavy (non-hydrogen) atoms. The van der Waals surface area contributed by atoms with Crippen molar-refractivity contribution in [1.82, 2.24) is 19.1 Å². The van der Waals surface area contributed by atoms with E-state index in [1.165, 1.54) is 0 Å². The van der Waals surface area contributed by atoms with E-state index in [4.69, 9.17) is 18.9 Å². The molecule has 0 aromatic carbocycles. The van der Waals surface area contributed by atoms with Gasteiger partial charge in [-0.25, -0.2) is 28.3 Å². The number of rotatable bonds is 8. The third kappa shape index (κ3) is 6.31. The first-order chi connectivity index (χ1) is 24.1. The first-order valence-corrected chi connectivity index (χ1v) is 16.9. The van der Waals surface area contributed by atoms with Crippen LogP contribution >= 0.6 is 0 Å². The summed E-state index contributed by atoms with van der Waals surface area (Å²) in [5.41, 5.74) is -7.09. The second-order valence-electron chi connectivity index (χ2n) is 14.6. The van der Waals surface area contributed by atoms with Gasteiger partial charge in [0.25, 0.3) is 11.1 Å². The van der Waals surface area contributed by atoms with Gasteiger partial charge in [0, 0.05) is 17.8 Å². The van der Waals surface area contributed by atoms with Crippen LogP contribution in [0, 0.1) is 46.1 Å². The molecule has 2 aromatic heterocycles. The average Bonchev–Trinajstić information content (AvgIpc) is 3.38. The summed E-state index contributed by atoms with van der Waals surface area (Å²) in [6.07, 6.45) is 4.03. The van der Waals surface area contributed by atoms with Crippen LogP contribution < -0.4 is 22.5 Å². The van der Waals surface area contributed by atoms with Crippen molar-refractivity contribution in [2.45, 2.75) is 96.8 Å². The molecule has 0 aliphatic heterocycles. The summed E-state index contributed by atoms with van der Waals surface area (Å²) >= 11 is 0. The molecule has 4 saturated carbocycles. The van der Waals surface area contributed by atoms with E-state index in [0.717, 1.165) is 25.7 Å². The van der Waals surface area contributed by atoms with E-state index in [1.807, 2.05) is 16.9 Å². The fourth-order valence-corrected chi connectivity index (χ4v) is 9.70. The lowest BCUT2D eigenvalue weighted by molar-refractivity contribution is -0.175. The van der Waals surface area contributed by atoms with Crippen molar-refractivity contribution < 1.29 is 47.2 Å². The minimum absolute atomic E-state index is 0.0276. The van der Waals surface area contributed by atoms with Gasteiger partial charge in [-0.2, -0.15) is 8.78 Å². The Kier molecular flexibility index (Phi) is 9.58. The van der Waals surface area contributed by atoms with E-state index in [2.05, 4.69) is 6.92 Å². The topological polar surface area (TPSA) is 218 Å². The number of hydrogen-bond donors (Lipinski definition) is 3. The van der Waals surface area contributed by atoms with Crippen LogP contribution in [0.1, 0.15) is 71.6 Å². The summed E-state index contributed by atoms with van der Waals surface area (Å²) in [5, 5.41) is 11.9. The number of nitrogens with one attached hydrogen (secondary N) is 2. The standard InChI is InChI=1S/C33H40F2N4O12/c1-31-8-5-18(51-30(46)50-16-39-26(42)23(35)13-37-28(39)44)11-17(31)3-4-19-20(31)6-9-32(2)21(19)7-10-33(32,47)24(40)14-48-29(45)49-15-38-25(41)22(34)12-36-27(38)43/h12-13,17-21,47H,3-11,14-16H2,1-2H3,(H,36,43)(H,37,44)/t17-,18+,19?,20?,21?,31-,32-,33-/m0/s1. The largest absolute Gasteiger partial charge is 0.510 e. The molecular weight excluding hydrogens is 682 g/mol. The van der Waals surface area contributed by atoms with Crippen molar-refractivity contribution in [2.24, 2.45) is 34.5 Å². The van der Waals surface area contributed by atoms with E-state index in [1.54, 1.807) is 0 Å². The molecule has 0 saturated heterocycles. The number of ether oxygens (including phenoxy) is 4. The molecule has 2 heterocycles. The number of aromatic nitrogens is 4. The van der Waals surface area contributed by atoms with Crippen LogP contribution in [0.3, 0.4) is 0 Å². The first-order valence-electron chi connectivity index (χ1n) is 16.9. The maximum Gasteiger partial charge on any atom is 0.510 e. The van der Waals surface area contributed by atoms with Gasteiger partial charge >= 0.3 is 23.7 Å².